The fourth-order valence-electron chi connectivity index (χ4n) is 7.68. The Morgan fingerprint density at radius 1 is 0.317 bits per heavy atom. The van der Waals surface area contributed by atoms with E-state index in [-0.39, 0.29) is 31.1 Å². The fraction of sp³-hybridized carbons (Fsp3) is 0.807. The van der Waals surface area contributed by atoms with Crippen molar-refractivity contribution < 1.29 is 28.6 Å². The molecule has 0 bridgehead atoms. The zero-order chi connectivity index (χ0) is 45.8. The molecule has 0 N–H and O–H groups in total. The van der Waals surface area contributed by atoms with Gasteiger partial charge >= 0.3 is 17.9 Å². The summed E-state index contributed by atoms with van der Waals surface area (Å²) in [7, 11) is 0. The topological polar surface area (TPSA) is 78.9 Å². The molecular formula is C57H102O6. The first-order valence-electron chi connectivity index (χ1n) is 27.1. The summed E-state index contributed by atoms with van der Waals surface area (Å²) in [4.78, 5) is 38.0. The predicted molar refractivity (Wildman–Crippen MR) is 270 cm³/mol. The molecule has 0 unspecified atom stereocenters. The van der Waals surface area contributed by atoms with Crippen LogP contribution in [0.3, 0.4) is 0 Å². The molecule has 6 nitrogen and oxygen atoms in total. The van der Waals surface area contributed by atoms with E-state index < -0.39 is 6.10 Å². The van der Waals surface area contributed by atoms with Crippen LogP contribution in [-0.2, 0) is 28.6 Å². The standard InChI is InChI=1S/C57H102O6/c1-4-7-10-13-16-19-22-25-28-31-34-37-40-43-46-49-55(58)61-52-54(63-57(60)51-48-45-42-39-36-33-30-27-24-21-18-15-12-9-6-3)53-62-56(59)50-47-44-41-38-35-32-29-26-23-20-17-14-11-8-5-2/h16-17,19-20,25-26,28-29,54H,4-15,18,21-24,27,30-53H2,1-3H3/b19-16+,20-17+,28-25+,29-26+. The lowest BCUT2D eigenvalue weighted by molar-refractivity contribution is -0.167. The van der Waals surface area contributed by atoms with Crippen molar-refractivity contribution >= 4 is 17.9 Å². The fourth-order valence-corrected chi connectivity index (χ4v) is 7.68. The molecule has 0 aromatic rings. The van der Waals surface area contributed by atoms with E-state index >= 15 is 0 Å². The highest BCUT2D eigenvalue weighted by Crippen LogP contribution is 2.15. The van der Waals surface area contributed by atoms with Crippen molar-refractivity contribution in [2.75, 3.05) is 13.2 Å². The molecule has 0 fully saturated rings. The maximum atomic E-state index is 12.8. The Balaban J connectivity index is 4.40. The molecule has 0 spiro atoms. The summed E-state index contributed by atoms with van der Waals surface area (Å²) in [5, 5.41) is 0. The number of ether oxygens (including phenoxy) is 3. The van der Waals surface area contributed by atoms with Crippen molar-refractivity contribution in [3.05, 3.63) is 48.6 Å². The number of hydrogen-bond donors (Lipinski definition) is 0. The van der Waals surface area contributed by atoms with Crippen LogP contribution in [0.2, 0.25) is 0 Å². The molecule has 0 aliphatic rings. The molecule has 0 amide bonds. The lowest BCUT2D eigenvalue weighted by atomic mass is 10.0. The first-order chi connectivity index (χ1) is 31.0. The molecule has 0 heterocycles. The Labute approximate surface area is 390 Å². The molecule has 63 heavy (non-hydrogen) atoms. The first kappa shape index (κ1) is 60.4. The lowest BCUT2D eigenvalue weighted by Crippen LogP contribution is -2.30. The molecule has 0 aliphatic carbocycles. The summed E-state index contributed by atoms with van der Waals surface area (Å²) in [6.07, 6.45) is 62.3. The van der Waals surface area contributed by atoms with Gasteiger partial charge < -0.3 is 14.2 Å². The minimum Gasteiger partial charge on any atom is -0.462 e. The molecule has 0 saturated carbocycles. The molecule has 0 aromatic heterocycles. The van der Waals surface area contributed by atoms with E-state index in [1.165, 1.54) is 141 Å². The van der Waals surface area contributed by atoms with Gasteiger partial charge in [0.2, 0.25) is 0 Å². The molecule has 0 aliphatic heterocycles. The normalized spacial score (nSPS) is 11.9. The number of allylic oxidation sites excluding steroid dienone is 8. The van der Waals surface area contributed by atoms with Gasteiger partial charge in [0.1, 0.15) is 13.2 Å². The summed E-state index contributed by atoms with van der Waals surface area (Å²) in [6.45, 7) is 6.58. The number of unbranched alkanes of at least 4 members (excludes halogenated alkanes) is 30. The van der Waals surface area contributed by atoms with E-state index in [9.17, 15) is 14.4 Å². The van der Waals surface area contributed by atoms with Crippen LogP contribution in [0.25, 0.3) is 0 Å². The first-order valence-corrected chi connectivity index (χ1v) is 27.1. The van der Waals surface area contributed by atoms with Crippen LogP contribution in [0.5, 0.6) is 0 Å². The van der Waals surface area contributed by atoms with Gasteiger partial charge in [0.05, 0.1) is 0 Å². The van der Waals surface area contributed by atoms with E-state index in [0.717, 1.165) is 96.3 Å². The van der Waals surface area contributed by atoms with Crippen LogP contribution < -0.4 is 0 Å². The Hall–Kier alpha value is -2.63. The average molecular weight is 883 g/mol. The van der Waals surface area contributed by atoms with Gasteiger partial charge in [-0.25, -0.2) is 0 Å². The highest BCUT2D eigenvalue weighted by Gasteiger charge is 2.19. The van der Waals surface area contributed by atoms with Gasteiger partial charge in [-0.3, -0.25) is 14.4 Å². The Kier molecular flexibility index (Phi) is 49.8. The van der Waals surface area contributed by atoms with Gasteiger partial charge in [0.15, 0.2) is 6.10 Å². The van der Waals surface area contributed by atoms with Gasteiger partial charge in [-0.2, -0.15) is 0 Å². The number of carbonyl (C=O) groups is 3. The smallest absolute Gasteiger partial charge is 0.306 e. The lowest BCUT2D eigenvalue weighted by Gasteiger charge is -2.18. The second-order valence-corrected chi connectivity index (χ2v) is 18.1. The molecule has 0 rings (SSSR count). The number of hydrogen-bond acceptors (Lipinski definition) is 6. The van der Waals surface area contributed by atoms with E-state index in [1.807, 2.05) is 0 Å². The van der Waals surface area contributed by atoms with Crippen molar-refractivity contribution in [2.45, 2.75) is 284 Å². The van der Waals surface area contributed by atoms with Crippen LogP contribution in [0.1, 0.15) is 278 Å². The van der Waals surface area contributed by atoms with Crippen LogP contribution in [0.4, 0.5) is 0 Å². The molecule has 0 radical (unpaired) electrons. The van der Waals surface area contributed by atoms with Crippen LogP contribution in [0, 0.1) is 0 Å². The average Bonchev–Trinajstić information content (AvgIpc) is 3.28. The summed E-state index contributed by atoms with van der Waals surface area (Å²) >= 11 is 0. The maximum Gasteiger partial charge on any atom is 0.306 e. The largest absolute Gasteiger partial charge is 0.462 e. The Bertz CT molecular complexity index is 1040. The van der Waals surface area contributed by atoms with Crippen molar-refractivity contribution in [3.63, 3.8) is 0 Å². The summed E-state index contributed by atoms with van der Waals surface area (Å²) < 4.78 is 16.8. The Morgan fingerprint density at radius 3 is 0.905 bits per heavy atom. The SMILES string of the molecule is CCCCC/C=C/C/C=C/CCCCCCCC(=O)OCC(COC(=O)CCCCCCC/C=C/C/C=C/CCCCC)OC(=O)CCCCCCCCCCCCCCCCC. The Morgan fingerprint density at radius 2 is 0.571 bits per heavy atom. The van der Waals surface area contributed by atoms with Crippen molar-refractivity contribution in [2.24, 2.45) is 0 Å². The molecule has 366 valence electrons. The molecule has 0 aromatic carbocycles. The minimum absolute atomic E-state index is 0.0827. The van der Waals surface area contributed by atoms with E-state index in [0.29, 0.717) is 19.3 Å². The predicted octanol–water partition coefficient (Wildman–Crippen LogP) is 17.9. The third-order valence-electron chi connectivity index (χ3n) is 11.8. The summed E-state index contributed by atoms with van der Waals surface area (Å²) in [5.41, 5.74) is 0. The van der Waals surface area contributed by atoms with Crippen LogP contribution in [0.15, 0.2) is 48.6 Å². The van der Waals surface area contributed by atoms with Crippen LogP contribution >= 0.6 is 0 Å². The molecule has 0 saturated heterocycles. The number of carbonyl (C=O) groups excluding carboxylic acids is 3. The van der Waals surface area contributed by atoms with E-state index in [2.05, 4.69) is 69.4 Å². The van der Waals surface area contributed by atoms with Gasteiger partial charge in [-0.05, 0) is 83.5 Å². The van der Waals surface area contributed by atoms with Crippen molar-refractivity contribution in [1.82, 2.24) is 0 Å². The number of rotatable bonds is 49. The van der Waals surface area contributed by atoms with Gasteiger partial charge in [-0.15, -0.1) is 0 Å². The van der Waals surface area contributed by atoms with Gasteiger partial charge in [0, 0.05) is 19.3 Å². The zero-order valence-corrected chi connectivity index (χ0v) is 41.8. The molecule has 6 heteroatoms. The van der Waals surface area contributed by atoms with E-state index in [4.69, 9.17) is 14.2 Å². The third-order valence-corrected chi connectivity index (χ3v) is 11.8. The maximum absolute atomic E-state index is 12.8. The molecular weight excluding hydrogens is 781 g/mol. The summed E-state index contributed by atoms with van der Waals surface area (Å²) in [5.74, 6) is -0.898. The van der Waals surface area contributed by atoms with Crippen molar-refractivity contribution in [3.8, 4) is 0 Å². The number of esters is 3. The summed E-state index contributed by atoms with van der Waals surface area (Å²) in [6, 6.07) is 0. The zero-order valence-electron chi connectivity index (χ0n) is 41.8. The second-order valence-electron chi connectivity index (χ2n) is 18.1. The molecule has 0 atom stereocenters. The monoisotopic (exact) mass is 883 g/mol. The quantitative estimate of drug-likeness (QED) is 0.0262. The van der Waals surface area contributed by atoms with Gasteiger partial charge in [-0.1, -0.05) is 223 Å². The minimum atomic E-state index is -0.782. The van der Waals surface area contributed by atoms with Gasteiger partial charge in [0.25, 0.3) is 0 Å². The highest BCUT2D eigenvalue weighted by molar-refractivity contribution is 5.71. The second kappa shape index (κ2) is 52.0. The third kappa shape index (κ3) is 50.2. The van der Waals surface area contributed by atoms with E-state index in [1.54, 1.807) is 0 Å². The highest BCUT2D eigenvalue weighted by atomic mass is 16.6. The van der Waals surface area contributed by atoms with Crippen molar-refractivity contribution in [1.29, 1.82) is 0 Å². The van der Waals surface area contributed by atoms with Crippen LogP contribution in [-0.4, -0.2) is 37.2 Å².